The van der Waals surface area contributed by atoms with Gasteiger partial charge in [0.1, 0.15) is 11.5 Å². The summed E-state index contributed by atoms with van der Waals surface area (Å²) >= 11 is 3.14. The van der Waals surface area contributed by atoms with Crippen LogP contribution in [0.1, 0.15) is 15.9 Å². The molecule has 19 heavy (non-hydrogen) atoms. The average molecular weight is 319 g/mol. The van der Waals surface area contributed by atoms with Gasteiger partial charge in [0.15, 0.2) is 5.78 Å². The zero-order valence-electron chi connectivity index (χ0n) is 9.88. The van der Waals surface area contributed by atoms with Gasteiger partial charge in [-0.25, -0.2) is 0 Å². The van der Waals surface area contributed by atoms with E-state index >= 15 is 0 Å². The number of phenols is 1. The summed E-state index contributed by atoms with van der Waals surface area (Å²) in [5.74, 6) is -0.727. The van der Waals surface area contributed by atoms with Crippen molar-refractivity contribution in [2.75, 3.05) is 0 Å². The molecule has 0 bridgehead atoms. The molecule has 0 fully saturated rings. The van der Waals surface area contributed by atoms with Gasteiger partial charge in [-0.3, -0.25) is 4.79 Å². The lowest BCUT2D eigenvalue weighted by Crippen LogP contribution is -1.97. The number of halogens is 1. The molecular weight excluding hydrogens is 308 g/mol. The van der Waals surface area contributed by atoms with Gasteiger partial charge in [0.2, 0.25) is 0 Å². The van der Waals surface area contributed by atoms with Crippen LogP contribution in [-0.4, -0.2) is 16.0 Å². The minimum absolute atomic E-state index is 0.134. The number of phenolic OH excluding ortho intramolecular Hbond substituents is 1. The van der Waals surface area contributed by atoms with Crippen molar-refractivity contribution < 1.29 is 15.0 Å². The van der Waals surface area contributed by atoms with Gasteiger partial charge in [-0.2, -0.15) is 0 Å². The zero-order valence-corrected chi connectivity index (χ0v) is 11.5. The number of aliphatic hydroxyl groups is 1. The first-order valence-electron chi connectivity index (χ1n) is 5.57. The van der Waals surface area contributed by atoms with Gasteiger partial charge < -0.3 is 10.2 Å². The van der Waals surface area contributed by atoms with Gasteiger partial charge in [0.05, 0.1) is 10.0 Å². The maximum Gasteiger partial charge on any atom is 0.193 e. The molecule has 0 aliphatic rings. The van der Waals surface area contributed by atoms with Crippen LogP contribution in [0, 0.1) is 0 Å². The van der Waals surface area contributed by atoms with Crippen molar-refractivity contribution in [2.24, 2.45) is 0 Å². The standard InChI is InChI=1S/C15H11BrO3/c16-12-8-4-7-11(15(12)19)14(18)9-13(17)10-5-2-1-3-6-10/h1-9,17,19H/b13-9-. The Hall–Kier alpha value is -2.07. The lowest BCUT2D eigenvalue weighted by atomic mass is 10.1. The Bertz CT molecular complexity index is 633. The van der Waals surface area contributed by atoms with E-state index in [1.807, 2.05) is 6.07 Å². The molecule has 0 aliphatic carbocycles. The maximum atomic E-state index is 12.0. The summed E-state index contributed by atoms with van der Waals surface area (Å²) in [6.45, 7) is 0. The monoisotopic (exact) mass is 318 g/mol. The Labute approximate surface area is 119 Å². The smallest absolute Gasteiger partial charge is 0.193 e. The first kappa shape index (κ1) is 13.4. The molecule has 0 aromatic heterocycles. The largest absolute Gasteiger partial charge is 0.507 e. The number of para-hydroxylation sites is 1. The second kappa shape index (κ2) is 5.71. The summed E-state index contributed by atoms with van der Waals surface area (Å²) < 4.78 is 0.436. The van der Waals surface area contributed by atoms with Crippen LogP contribution in [0.4, 0.5) is 0 Å². The fourth-order valence-electron chi connectivity index (χ4n) is 1.61. The van der Waals surface area contributed by atoms with E-state index in [0.29, 0.717) is 10.0 Å². The van der Waals surface area contributed by atoms with Crippen molar-refractivity contribution in [3.63, 3.8) is 0 Å². The molecule has 0 unspecified atom stereocenters. The zero-order chi connectivity index (χ0) is 13.8. The highest BCUT2D eigenvalue weighted by Gasteiger charge is 2.12. The van der Waals surface area contributed by atoms with Crippen LogP contribution in [0.3, 0.4) is 0 Å². The van der Waals surface area contributed by atoms with E-state index in [-0.39, 0.29) is 17.1 Å². The number of hydrogen-bond donors (Lipinski definition) is 2. The summed E-state index contributed by atoms with van der Waals surface area (Å²) in [5.41, 5.74) is 0.683. The molecule has 2 rings (SSSR count). The van der Waals surface area contributed by atoms with E-state index < -0.39 is 5.78 Å². The predicted molar refractivity (Wildman–Crippen MR) is 77.2 cm³/mol. The van der Waals surface area contributed by atoms with Gasteiger partial charge in [-0.1, -0.05) is 36.4 Å². The van der Waals surface area contributed by atoms with Crippen LogP contribution in [0.2, 0.25) is 0 Å². The van der Waals surface area contributed by atoms with Crippen LogP contribution < -0.4 is 0 Å². The molecule has 2 aromatic rings. The highest BCUT2D eigenvalue weighted by Crippen LogP contribution is 2.28. The van der Waals surface area contributed by atoms with E-state index in [4.69, 9.17) is 0 Å². The number of benzene rings is 2. The van der Waals surface area contributed by atoms with Gasteiger partial charge in [-0.05, 0) is 28.1 Å². The minimum atomic E-state index is -0.458. The van der Waals surface area contributed by atoms with Gasteiger partial charge in [0, 0.05) is 11.6 Å². The Morgan fingerprint density at radius 3 is 2.42 bits per heavy atom. The number of carbonyl (C=O) groups is 1. The fraction of sp³-hybridized carbons (Fsp3) is 0. The maximum absolute atomic E-state index is 12.0. The second-order valence-electron chi connectivity index (χ2n) is 3.90. The molecule has 96 valence electrons. The first-order valence-corrected chi connectivity index (χ1v) is 6.37. The minimum Gasteiger partial charge on any atom is -0.507 e. The topological polar surface area (TPSA) is 57.5 Å². The van der Waals surface area contributed by atoms with Crippen molar-refractivity contribution in [3.8, 4) is 5.75 Å². The molecule has 0 radical (unpaired) electrons. The average Bonchev–Trinajstić information content (AvgIpc) is 2.42. The quantitative estimate of drug-likeness (QED) is 0.512. The van der Waals surface area contributed by atoms with Crippen molar-refractivity contribution in [2.45, 2.75) is 0 Å². The molecule has 0 saturated heterocycles. The number of ketones is 1. The molecule has 0 atom stereocenters. The van der Waals surface area contributed by atoms with Crippen molar-refractivity contribution >= 4 is 27.5 Å². The molecular formula is C15H11BrO3. The van der Waals surface area contributed by atoms with E-state index in [1.165, 1.54) is 6.07 Å². The van der Waals surface area contributed by atoms with E-state index in [9.17, 15) is 15.0 Å². The molecule has 0 saturated carbocycles. The van der Waals surface area contributed by atoms with E-state index in [0.717, 1.165) is 6.08 Å². The number of aliphatic hydroxyl groups excluding tert-OH is 1. The number of allylic oxidation sites excluding steroid dienone is 1. The van der Waals surface area contributed by atoms with E-state index in [1.54, 1.807) is 36.4 Å². The highest BCUT2D eigenvalue weighted by atomic mass is 79.9. The number of hydrogen-bond acceptors (Lipinski definition) is 3. The Morgan fingerprint density at radius 1 is 1.05 bits per heavy atom. The van der Waals surface area contributed by atoms with E-state index in [2.05, 4.69) is 15.9 Å². The number of carbonyl (C=O) groups excluding carboxylic acids is 1. The second-order valence-corrected chi connectivity index (χ2v) is 4.75. The Morgan fingerprint density at radius 2 is 1.74 bits per heavy atom. The molecule has 0 amide bonds. The number of aromatic hydroxyl groups is 1. The fourth-order valence-corrected chi connectivity index (χ4v) is 1.97. The van der Waals surface area contributed by atoms with Crippen LogP contribution in [0.15, 0.2) is 59.1 Å². The lowest BCUT2D eigenvalue weighted by Gasteiger charge is -2.03. The molecule has 3 nitrogen and oxygen atoms in total. The van der Waals surface area contributed by atoms with Crippen LogP contribution >= 0.6 is 15.9 Å². The van der Waals surface area contributed by atoms with Gasteiger partial charge in [-0.15, -0.1) is 0 Å². The molecule has 0 spiro atoms. The van der Waals surface area contributed by atoms with Crippen molar-refractivity contribution in [1.82, 2.24) is 0 Å². The Kier molecular flexibility index (Phi) is 4.02. The molecule has 2 N–H and O–H groups in total. The van der Waals surface area contributed by atoms with Crippen LogP contribution in [0.25, 0.3) is 5.76 Å². The van der Waals surface area contributed by atoms with Crippen molar-refractivity contribution in [1.29, 1.82) is 0 Å². The molecule has 2 aromatic carbocycles. The third-order valence-corrected chi connectivity index (χ3v) is 3.23. The third kappa shape index (κ3) is 3.03. The summed E-state index contributed by atoms with van der Waals surface area (Å²) in [7, 11) is 0. The highest BCUT2D eigenvalue weighted by molar-refractivity contribution is 9.10. The van der Waals surface area contributed by atoms with Gasteiger partial charge >= 0.3 is 0 Å². The Balaban J connectivity index is 2.33. The molecule has 0 heterocycles. The lowest BCUT2D eigenvalue weighted by molar-refractivity contribution is 0.104. The first-order chi connectivity index (χ1) is 9.09. The predicted octanol–water partition coefficient (Wildman–Crippen LogP) is 3.94. The summed E-state index contributed by atoms with van der Waals surface area (Å²) in [6.07, 6.45) is 1.09. The van der Waals surface area contributed by atoms with Gasteiger partial charge in [0.25, 0.3) is 0 Å². The SMILES string of the molecule is O=C(/C=C(\O)c1ccccc1)c1cccc(Br)c1O. The normalized spacial score (nSPS) is 11.3. The summed E-state index contributed by atoms with van der Waals surface area (Å²) in [5, 5.41) is 19.6. The summed E-state index contributed by atoms with van der Waals surface area (Å²) in [4.78, 5) is 12.0. The molecule has 0 aliphatic heterocycles. The summed E-state index contributed by atoms with van der Waals surface area (Å²) in [6, 6.07) is 13.5. The van der Waals surface area contributed by atoms with Crippen molar-refractivity contribution in [3.05, 3.63) is 70.2 Å². The molecule has 4 heteroatoms. The number of rotatable bonds is 3. The third-order valence-electron chi connectivity index (χ3n) is 2.59. The van der Waals surface area contributed by atoms with Crippen LogP contribution in [0.5, 0.6) is 5.75 Å². The van der Waals surface area contributed by atoms with Crippen LogP contribution in [-0.2, 0) is 0 Å².